The largest absolute Gasteiger partial charge is 0.495 e. The molecule has 2 rings (SSSR count). The second-order valence-electron chi connectivity index (χ2n) is 7.23. The zero-order valence-corrected chi connectivity index (χ0v) is 18.0. The first-order chi connectivity index (χ1) is 14.5. The van der Waals surface area contributed by atoms with Crippen molar-refractivity contribution < 1.29 is 28.8 Å². The Hall–Kier alpha value is -2.81. The number of piperidine rings is 1. The second kappa shape index (κ2) is 12.0. The van der Waals surface area contributed by atoms with E-state index in [9.17, 15) is 14.4 Å². The van der Waals surface area contributed by atoms with Crippen molar-refractivity contribution in [2.45, 2.75) is 32.7 Å². The molecule has 1 aromatic carbocycles. The van der Waals surface area contributed by atoms with Gasteiger partial charge in [0.15, 0.2) is 13.1 Å². The standard InChI is InChI=1S/C21H32N4O5/c1-4-24(15-20(27)23-17-8-6-7-9-18(17)29-3)14-19(26)22-16-10-12-25(13-11-16)21(28)30-5-2/h6-9,16H,4-5,10-15H2,1-3H3,(H,22,26)(H,23,27)/p+1. The summed E-state index contributed by atoms with van der Waals surface area (Å²) >= 11 is 0. The molecule has 0 radical (unpaired) electrons. The SMILES string of the molecule is CCOC(=O)N1CCC(NC(=O)C[NH+](CC)CC(=O)Nc2ccccc2OC)CC1. The van der Waals surface area contributed by atoms with Gasteiger partial charge in [-0.3, -0.25) is 9.59 Å². The molecule has 1 aliphatic heterocycles. The van der Waals surface area contributed by atoms with Gasteiger partial charge < -0.3 is 29.9 Å². The van der Waals surface area contributed by atoms with Crippen molar-refractivity contribution in [3.8, 4) is 5.75 Å². The van der Waals surface area contributed by atoms with Gasteiger partial charge in [0, 0.05) is 19.1 Å². The third-order valence-electron chi connectivity index (χ3n) is 5.09. The molecule has 0 aliphatic carbocycles. The predicted octanol–water partition coefficient (Wildman–Crippen LogP) is 0.276. The van der Waals surface area contributed by atoms with Crippen LogP contribution >= 0.6 is 0 Å². The number of para-hydroxylation sites is 2. The molecule has 1 fully saturated rings. The Kier molecular flexibility index (Phi) is 9.40. The number of hydrogen-bond donors (Lipinski definition) is 3. The average molecular weight is 422 g/mol. The summed E-state index contributed by atoms with van der Waals surface area (Å²) in [5, 5.41) is 5.87. The van der Waals surface area contributed by atoms with E-state index in [-0.39, 0.29) is 37.0 Å². The first kappa shape index (κ1) is 23.5. The number of methoxy groups -OCH3 is 1. The minimum Gasteiger partial charge on any atom is -0.495 e. The summed E-state index contributed by atoms with van der Waals surface area (Å²) in [6, 6.07) is 7.24. The van der Waals surface area contributed by atoms with Crippen LogP contribution in [0, 0.1) is 0 Å². The van der Waals surface area contributed by atoms with Crippen molar-refractivity contribution in [3.63, 3.8) is 0 Å². The van der Waals surface area contributed by atoms with Crippen molar-refractivity contribution in [1.82, 2.24) is 10.2 Å². The van der Waals surface area contributed by atoms with E-state index in [4.69, 9.17) is 9.47 Å². The van der Waals surface area contributed by atoms with Gasteiger partial charge in [0.05, 0.1) is 25.9 Å². The number of anilines is 1. The lowest BCUT2D eigenvalue weighted by Crippen LogP contribution is -3.14. The molecular weight excluding hydrogens is 388 g/mol. The van der Waals surface area contributed by atoms with Crippen molar-refractivity contribution in [1.29, 1.82) is 0 Å². The second-order valence-corrected chi connectivity index (χ2v) is 7.23. The predicted molar refractivity (Wildman–Crippen MR) is 113 cm³/mol. The third kappa shape index (κ3) is 7.22. The molecule has 1 saturated heterocycles. The Balaban J connectivity index is 1.76. The van der Waals surface area contributed by atoms with E-state index in [2.05, 4.69) is 10.6 Å². The molecule has 1 atom stereocenters. The number of carbonyl (C=O) groups excluding carboxylic acids is 3. The zero-order chi connectivity index (χ0) is 21.9. The number of likely N-dealkylation sites (N-methyl/N-ethyl adjacent to an activating group) is 1. The molecule has 9 nitrogen and oxygen atoms in total. The Labute approximate surface area is 177 Å². The van der Waals surface area contributed by atoms with Gasteiger partial charge in [0.25, 0.3) is 11.8 Å². The number of amides is 3. The number of nitrogens with one attached hydrogen (secondary N) is 3. The Morgan fingerprint density at radius 3 is 2.40 bits per heavy atom. The Morgan fingerprint density at radius 1 is 1.10 bits per heavy atom. The Morgan fingerprint density at radius 2 is 1.77 bits per heavy atom. The highest BCUT2D eigenvalue weighted by Gasteiger charge is 2.26. The van der Waals surface area contributed by atoms with E-state index in [0.717, 1.165) is 4.90 Å². The number of ether oxygens (including phenoxy) is 2. The lowest BCUT2D eigenvalue weighted by Gasteiger charge is -2.31. The normalized spacial score (nSPS) is 15.2. The number of nitrogens with zero attached hydrogens (tertiary/aromatic N) is 1. The monoisotopic (exact) mass is 421 g/mol. The van der Waals surface area contributed by atoms with Crippen LogP contribution in [-0.2, 0) is 14.3 Å². The molecule has 0 spiro atoms. The minimum absolute atomic E-state index is 0.0312. The van der Waals surface area contributed by atoms with E-state index in [1.54, 1.807) is 31.1 Å². The minimum atomic E-state index is -0.301. The van der Waals surface area contributed by atoms with Gasteiger partial charge in [-0.2, -0.15) is 0 Å². The van der Waals surface area contributed by atoms with E-state index >= 15 is 0 Å². The molecule has 9 heteroatoms. The van der Waals surface area contributed by atoms with Crippen molar-refractivity contribution in [2.24, 2.45) is 0 Å². The summed E-state index contributed by atoms with van der Waals surface area (Å²) in [6.07, 6.45) is 1.09. The van der Waals surface area contributed by atoms with E-state index < -0.39 is 0 Å². The number of likely N-dealkylation sites (tertiary alicyclic amines) is 1. The van der Waals surface area contributed by atoms with Crippen LogP contribution < -0.4 is 20.3 Å². The van der Waals surface area contributed by atoms with Crippen LogP contribution in [0.15, 0.2) is 24.3 Å². The molecule has 1 aromatic rings. The topological polar surface area (TPSA) is 101 Å². The third-order valence-corrected chi connectivity index (χ3v) is 5.09. The lowest BCUT2D eigenvalue weighted by atomic mass is 10.1. The number of rotatable bonds is 9. The maximum absolute atomic E-state index is 12.4. The van der Waals surface area contributed by atoms with Crippen molar-refractivity contribution in [3.05, 3.63) is 24.3 Å². The van der Waals surface area contributed by atoms with E-state index in [0.29, 0.717) is 50.5 Å². The highest BCUT2D eigenvalue weighted by Crippen LogP contribution is 2.22. The van der Waals surface area contributed by atoms with E-state index in [1.165, 1.54) is 0 Å². The molecule has 0 aromatic heterocycles. The van der Waals surface area contributed by atoms with Gasteiger partial charge in [-0.15, -0.1) is 0 Å². The molecule has 3 N–H and O–H groups in total. The highest BCUT2D eigenvalue weighted by molar-refractivity contribution is 5.93. The number of quaternary nitrogens is 1. The molecule has 0 bridgehead atoms. The number of carbonyl (C=O) groups is 3. The van der Waals surface area contributed by atoms with Gasteiger partial charge in [-0.25, -0.2) is 4.79 Å². The van der Waals surface area contributed by atoms with Crippen LogP contribution in [0.25, 0.3) is 0 Å². The van der Waals surface area contributed by atoms with Crippen LogP contribution in [0.2, 0.25) is 0 Å². The van der Waals surface area contributed by atoms with Crippen molar-refractivity contribution >= 4 is 23.6 Å². The molecule has 1 unspecified atom stereocenters. The number of benzene rings is 1. The molecule has 0 saturated carbocycles. The average Bonchev–Trinajstić information content (AvgIpc) is 2.74. The quantitative estimate of drug-likeness (QED) is 0.532. The zero-order valence-electron chi connectivity index (χ0n) is 18.0. The van der Waals surface area contributed by atoms with Gasteiger partial charge in [0.1, 0.15) is 5.75 Å². The lowest BCUT2D eigenvalue weighted by molar-refractivity contribution is -0.881. The van der Waals surface area contributed by atoms with Crippen LogP contribution in [0.1, 0.15) is 26.7 Å². The summed E-state index contributed by atoms with van der Waals surface area (Å²) in [7, 11) is 1.55. The van der Waals surface area contributed by atoms with Gasteiger partial charge in [0.2, 0.25) is 0 Å². The summed E-state index contributed by atoms with van der Waals surface area (Å²) in [5.41, 5.74) is 0.610. The maximum Gasteiger partial charge on any atom is 0.409 e. The van der Waals surface area contributed by atoms with Crippen LogP contribution in [-0.4, -0.2) is 75.3 Å². The first-order valence-electron chi connectivity index (χ1n) is 10.4. The summed E-state index contributed by atoms with van der Waals surface area (Å²) in [5.74, 6) is 0.328. The Bertz CT molecular complexity index is 719. The van der Waals surface area contributed by atoms with Crippen LogP contribution in [0.3, 0.4) is 0 Å². The van der Waals surface area contributed by atoms with Crippen molar-refractivity contribution in [2.75, 3.05) is 51.8 Å². The van der Waals surface area contributed by atoms with E-state index in [1.807, 2.05) is 19.1 Å². The summed E-state index contributed by atoms with van der Waals surface area (Å²) < 4.78 is 10.3. The maximum atomic E-state index is 12.4. The fourth-order valence-corrected chi connectivity index (χ4v) is 3.41. The molecule has 1 heterocycles. The van der Waals surface area contributed by atoms with Gasteiger partial charge >= 0.3 is 6.09 Å². The molecule has 3 amide bonds. The smallest absolute Gasteiger partial charge is 0.409 e. The highest BCUT2D eigenvalue weighted by atomic mass is 16.6. The summed E-state index contributed by atoms with van der Waals surface area (Å²) in [6.45, 7) is 6.26. The number of hydrogen-bond acceptors (Lipinski definition) is 5. The molecule has 166 valence electrons. The molecule has 30 heavy (non-hydrogen) atoms. The van der Waals surface area contributed by atoms with Crippen LogP contribution in [0.5, 0.6) is 5.75 Å². The van der Waals surface area contributed by atoms with Gasteiger partial charge in [-0.05, 0) is 38.8 Å². The van der Waals surface area contributed by atoms with Gasteiger partial charge in [-0.1, -0.05) is 12.1 Å². The fourth-order valence-electron chi connectivity index (χ4n) is 3.41. The molecular formula is C21H33N4O5+. The van der Waals surface area contributed by atoms with Crippen LogP contribution in [0.4, 0.5) is 10.5 Å². The fraction of sp³-hybridized carbons (Fsp3) is 0.571. The molecule has 1 aliphatic rings. The summed E-state index contributed by atoms with van der Waals surface area (Å²) in [4.78, 5) is 39.1. The first-order valence-corrected chi connectivity index (χ1v) is 10.4.